The van der Waals surface area contributed by atoms with Gasteiger partial charge < -0.3 is 9.84 Å². The van der Waals surface area contributed by atoms with Gasteiger partial charge in [0.05, 0.1) is 10.6 Å². The van der Waals surface area contributed by atoms with Gasteiger partial charge in [0.15, 0.2) is 0 Å². The van der Waals surface area contributed by atoms with Crippen LogP contribution in [0.4, 0.5) is 0 Å². The molecule has 0 unspecified atom stereocenters. The van der Waals surface area contributed by atoms with E-state index in [9.17, 15) is 5.11 Å². The van der Waals surface area contributed by atoms with Crippen molar-refractivity contribution in [3.05, 3.63) is 64.8 Å². The van der Waals surface area contributed by atoms with Crippen LogP contribution in [0.1, 0.15) is 18.6 Å². The van der Waals surface area contributed by atoms with Gasteiger partial charge >= 0.3 is 0 Å². The zero-order valence-electron chi connectivity index (χ0n) is 11.5. The van der Waals surface area contributed by atoms with Gasteiger partial charge in [0.25, 0.3) is 0 Å². The number of ether oxygens (including phenoxy) is 1. The van der Waals surface area contributed by atoms with E-state index in [1.807, 2.05) is 30.3 Å². The molecule has 0 aliphatic heterocycles. The third-order valence-corrected chi connectivity index (χ3v) is 4.10. The summed E-state index contributed by atoms with van der Waals surface area (Å²) in [6.07, 6.45) is 1.09. The number of rotatable bonds is 3. The summed E-state index contributed by atoms with van der Waals surface area (Å²) < 4.78 is 6.73. The predicted molar refractivity (Wildman–Crippen MR) is 86.6 cm³/mol. The fourth-order valence-electron chi connectivity index (χ4n) is 2.15. The molecule has 0 spiro atoms. The van der Waals surface area contributed by atoms with E-state index in [-0.39, 0.29) is 0 Å². The van der Waals surface area contributed by atoms with Crippen molar-refractivity contribution >= 4 is 26.7 Å². The molecule has 0 aliphatic rings. The van der Waals surface area contributed by atoms with Crippen LogP contribution in [-0.2, 0) is 0 Å². The van der Waals surface area contributed by atoms with Crippen LogP contribution in [0, 0.1) is 0 Å². The van der Waals surface area contributed by atoms with Crippen molar-refractivity contribution < 1.29 is 9.84 Å². The summed E-state index contributed by atoms with van der Waals surface area (Å²) in [5, 5.41) is 11.8. The number of aromatic nitrogens is 1. The first-order valence-corrected chi connectivity index (χ1v) is 7.43. The number of hydrogen-bond acceptors (Lipinski definition) is 3. The number of aliphatic hydroxyl groups is 1. The molecule has 2 aromatic carbocycles. The Balaban J connectivity index is 1.98. The highest BCUT2D eigenvalue weighted by molar-refractivity contribution is 9.10. The van der Waals surface area contributed by atoms with E-state index < -0.39 is 6.10 Å². The molecule has 3 aromatic rings. The smallest absolute Gasteiger partial charge is 0.219 e. The quantitative estimate of drug-likeness (QED) is 0.739. The van der Waals surface area contributed by atoms with Crippen LogP contribution in [0.15, 0.2) is 59.2 Å². The fourth-order valence-corrected chi connectivity index (χ4v) is 2.72. The van der Waals surface area contributed by atoms with E-state index in [0.717, 1.165) is 20.8 Å². The molecule has 0 bridgehead atoms. The molecule has 1 atom stereocenters. The average molecular weight is 344 g/mol. The number of halogens is 1. The third-order valence-electron chi connectivity index (χ3n) is 3.28. The van der Waals surface area contributed by atoms with Crippen molar-refractivity contribution in [3.8, 4) is 11.6 Å². The number of hydrogen-bond donors (Lipinski definition) is 1. The van der Waals surface area contributed by atoms with Gasteiger partial charge in [0, 0.05) is 12.3 Å². The summed E-state index contributed by atoms with van der Waals surface area (Å²) in [6.45, 7) is 1.71. The molecule has 0 aliphatic carbocycles. The minimum absolute atomic E-state index is 0.462. The Bertz CT molecular complexity index is 787. The predicted octanol–water partition coefficient (Wildman–Crippen LogP) is 4.84. The monoisotopic (exact) mass is 343 g/mol. The molecule has 3 rings (SSSR count). The molecule has 1 aromatic heterocycles. The maximum atomic E-state index is 9.62. The van der Waals surface area contributed by atoms with Crippen molar-refractivity contribution in [1.29, 1.82) is 0 Å². The molecule has 21 heavy (non-hydrogen) atoms. The lowest BCUT2D eigenvalue weighted by Crippen LogP contribution is -1.94. The number of aliphatic hydroxyl groups excluding tert-OH is 1. The summed E-state index contributed by atoms with van der Waals surface area (Å²) >= 11 is 3.58. The van der Waals surface area contributed by atoms with E-state index in [1.54, 1.807) is 25.3 Å². The van der Waals surface area contributed by atoms with Crippen LogP contribution in [0.2, 0.25) is 0 Å². The van der Waals surface area contributed by atoms with Gasteiger partial charge in [0.1, 0.15) is 5.75 Å². The highest BCUT2D eigenvalue weighted by Gasteiger charge is 2.09. The fraction of sp³-hybridized carbons (Fsp3) is 0.118. The van der Waals surface area contributed by atoms with Crippen molar-refractivity contribution in [2.24, 2.45) is 0 Å². The highest BCUT2D eigenvalue weighted by Crippen LogP contribution is 2.35. The second-order valence-electron chi connectivity index (χ2n) is 4.80. The average Bonchev–Trinajstić information content (AvgIpc) is 2.51. The van der Waals surface area contributed by atoms with Crippen LogP contribution in [-0.4, -0.2) is 10.1 Å². The summed E-state index contributed by atoms with van der Waals surface area (Å²) in [4.78, 5) is 4.18. The lowest BCUT2D eigenvalue weighted by atomic mass is 10.1. The molecule has 1 heterocycles. The van der Waals surface area contributed by atoms with Crippen molar-refractivity contribution in [2.75, 3.05) is 0 Å². The zero-order valence-corrected chi connectivity index (χ0v) is 13.0. The van der Waals surface area contributed by atoms with Crippen LogP contribution >= 0.6 is 15.9 Å². The number of pyridine rings is 1. The topological polar surface area (TPSA) is 42.4 Å². The largest absolute Gasteiger partial charge is 0.438 e. The van der Waals surface area contributed by atoms with Gasteiger partial charge in [-0.3, -0.25) is 0 Å². The second-order valence-corrected chi connectivity index (χ2v) is 5.60. The van der Waals surface area contributed by atoms with Gasteiger partial charge in [-0.2, -0.15) is 0 Å². The van der Waals surface area contributed by atoms with E-state index in [4.69, 9.17) is 4.74 Å². The Hall–Kier alpha value is -1.91. The first kappa shape index (κ1) is 14.0. The third kappa shape index (κ3) is 2.91. The molecule has 0 saturated carbocycles. The molecule has 3 nitrogen and oxygen atoms in total. The SMILES string of the molecule is C[C@H](O)c1ccnc(Oc2ccc3ccccc3c2Br)c1. The highest BCUT2D eigenvalue weighted by atomic mass is 79.9. The minimum atomic E-state index is -0.546. The van der Waals surface area contributed by atoms with Crippen LogP contribution < -0.4 is 4.74 Å². The van der Waals surface area contributed by atoms with Crippen molar-refractivity contribution in [3.63, 3.8) is 0 Å². The van der Waals surface area contributed by atoms with Gasteiger partial charge in [-0.25, -0.2) is 4.98 Å². The Labute approximate surface area is 131 Å². The lowest BCUT2D eigenvalue weighted by Gasteiger charge is -2.11. The number of benzene rings is 2. The number of fused-ring (bicyclic) bond motifs is 1. The summed E-state index contributed by atoms with van der Waals surface area (Å²) in [6, 6.07) is 15.5. The van der Waals surface area contributed by atoms with E-state index >= 15 is 0 Å². The van der Waals surface area contributed by atoms with E-state index in [2.05, 4.69) is 27.0 Å². The van der Waals surface area contributed by atoms with Crippen molar-refractivity contribution in [2.45, 2.75) is 13.0 Å². The molecule has 106 valence electrons. The molecular weight excluding hydrogens is 330 g/mol. The lowest BCUT2D eigenvalue weighted by molar-refractivity contribution is 0.198. The Morgan fingerprint density at radius 2 is 1.95 bits per heavy atom. The minimum Gasteiger partial charge on any atom is -0.438 e. The molecule has 0 fully saturated rings. The van der Waals surface area contributed by atoms with Crippen LogP contribution in [0.3, 0.4) is 0 Å². The van der Waals surface area contributed by atoms with Gasteiger partial charge in [0.2, 0.25) is 5.88 Å². The second kappa shape index (κ2) is 5.84. The van der Waals surface area contributed by atoms with Crippen LogP contribution in [0.25, 0.3) is 10.8 Å². The van der Waals surface area contributed by atoms with E-state index in [0.29, 0.717) is 11.6 Å². The summed E-state index contributed by atoms with van der Waals surface area (Å²) in [5.74, 6) is 1.16. The standard InChI is InChI=1S/C17H14BrNO2/c1-11(20)13-8-9-19-16(10-13)21-15-7-6-12-4-2-3-5-14(12)17(15)18/h2-11,20H,1H3/t11-/m0/s1. The van der Waals surface area contributed by atoms with Gasteiger partial charge in [-0.05, 0) is 51.3 Å². The van der Waals surface area contributed by atoms with Crippen LogP contribution in [0.5, 0.6) is 11.6 Å². The van der Waals surface area contributed by atoms with E-state index in [1.165, 1.54) is 0 Å². The maximum Gasteiger partial charge on any atom is 0.219 e. The summed E-state index contributed by atoms with van der Waals surface area (Å²) in [7, 11) is 0. The number of nitrogens with zero attached hydrogens (tertiary/aromatic N) is 1. The molecule has 1 N–H and O–H groups in total. The Kier molecular flexibility index (Phi) is 3.90. The molecule has 0 amide bonds. The maximum absolute atomic E-state index is 9.62. The first-order chi connectivity index (χ1) is 10.1. The summed E-state index contributed by atoms with van der Waals surface area (Å²) in [5.41, 5.74) is 0.775. The normalized spacial score (nSPS) is 12.3. The molecule has 4 heteroatoms. The molecule has 0 saturated heterocycles. The van der Waals surface area contributed by atoms with Crippen molar-refractivity contribution in [1.82, 2.24) is 4.98 Å². The Morgan fingerprint density at radius 3 is 2.76 bits per heavy atom. The molecule has 0 radical (unpaired) electrons. The zero-order chi connectivity index (χ0) is 14.8. The van der Waals surface area contributed by atoms with Gasteiger partial charge in [-0.15, -0.1) is 0 Å². The Morgan fingerprint density at radius 1 is 1.14 bits per heavy atom. The van der Waals surface area contributed by atoms with Gasteiger partial charge in [-0.1, -0.05) is 30.3 Å². The molecular formula is C17H14BrNO2. The first-order valence-electron chi connectivity index (χ1n) is 6.64.